The lowest BCUT2D eigenvalue weighted by atomic mass is 10.6. The molecule has 2 nitrogen and oxygen atoms in total. The van der Waals surface area contributed by atoms with Gasteiger partial charge < -0.3 is 0 Å². The molecule has 0 bridgehead atoms. The third-order valence-electron chi connectivity index (χ3n) is 0.406. The van der Waals surface area contributed by atoms with Crippen molar-refractivity contribution in [2.45, 2.75) is 6.92 Å². The highest BCUT2D eigenvalue weighted by Crippen LogP contribution is 1.68. The van der Waals surface area contributed by atoms with Crippen LogP contribution in [0.1, 0.15) is 6.92 Å². The lowest BCUT2D eigenvalue weighted by molar-refractivity contribution is -0.231. The first-order chi connectivity index (χ1) is 2.91. The second-order valence-electron chi connectivity index (χ2n) is 0.865. The first kappa shape index (κ1) is 5.66. The van der Waals surface area contributed by atoms with Crippen LogP contribution in [0.4, 0.5) is 0 Å². The van der Waals surface area contributed by atoms with Crippen LogP contribution in [-0.2, 0) is 4.89 Å². The van der Waals surface area contributed by atoms with Crippen molar-refractivity contribution < 1.29 is 10.1 Å². The van der Waals surface area contributed by atoms with Gasteiger partial charge in [0.15, 0.2) is 0 Å². The van der Waals surface area contributed by atoms with Crippen LogP contribution in [-0.4, -0.2) is 11.9 Å². The molecule has 0 aromatic rings. The molecule has 0 aromatic heterocycles. The molecule has 0 amide bonds. The second-order valence-corrected chi connectivity index (χ2v) is 0.865. The Bertz CT molecular complexity index is 40.8. The van der Waals surface area contributed by atoms with Crippen molar-refractivity contribution in [1.82, 2.24) is 0 Å². The molecule has 0 saturated heterocycles. The maximum Gasteiger partial charge on any atom is 0.100 e. The minimum Gasteiger partial charge on any atom is -0.252 e. The van der Waals surface area contributed by atoms with Crippen LogP contribution in [0.25, 0.3) is 0 Å². The number of allylic oxidation sites excluding steroid dienone is 1. The smallest absolute Gasteiger partial charge is 0.100 e. The summed E-state index contributed by atoms with van der Waals surface area (Å²) in [6.45, 7) is 2.15. The summed E-state index contributed by atoms with van der Waals surface area (Å²) in [5.74, 6) is 0. The number of hydrogen-bond donors (Lipinski definition) is 1. The molecule has 0 aliphatic rings. The molecule has 0 fully saturated rings. The molecular weight excluding hydrogens is 80.0 g/mol. The topological polar surface area (TPSA) is 29.5 Å². The Balaban J connectivity index is 2.66. The first-order valence-electron chi connectivity index (χ1n) is 1.79. The molecule has 0 saturated carbocycles. The van der Waals surface area contributed by atoms with E-state index in [2.05, 4.69) is 4.89 Å². The maximum absolute atomic E-state index is 7.65. The van der Waals surface area contributed by atoms with Crippen molar-refractivity contribution in [2.24, 2.45) is 0 Å². The van der Waals surface area contributed by atoms with E-state index in [0.29, 0.717) is 0 Å². The lowest BCUT2D eigenvalue weighted by Crippen LogP contribution is -1.79. The molecular formula is C4H8O2. The van der Waals surface area contributed by atoms with E-state index in [4.69, 9.17) is 5.26 Å². The van der Waals surface area contributed by atoms with Gasteiger partial charge in [-0.05, 0) is 6.92 Å². The van der Waals surface area contributed by atoms with Crippen LogP contribution in [0, 0.1) is 0 Å². The highest BCUT2D eigenvalue weighted by atomic mass is 17.1. The summed E-state index contributed by atoms with van der Waals surface area (Å²) in [5, 5.41) is 7.65. The van der Waals surface area contributed by atoms with Gasteiger partial charge in [-0.25, -0.2) is 4.89 Å². The normalized spacial score (nSPS) is 10.3. The highest BCUT2D eigenvalue weighted by molar-refractivity contribution is 4.74. The second kappa shape index (κ2) is 4.66. The lowest BCUT2D eigenvalue weighted by Gasteiger charge is -1.79. The van der Waals surface area contributed by atoms with E-state index in [0.717, 1.165) is 0 Å². The molecule has 6 heavy (non-hydrogen) atoms. The van der Waals surface area contributed by atoms with Gasteiger partial charge in [-0.3, -0.25) is 5.26 Å². The molecule has 0 aromatic carbocycles. The van der Waals surface area contributed by atoms with Crippen LogP contribution >= 0.6 is 0 Å². The SMILES string of the molecule is CC=CCOO. The first-order valence-corrected chi connectivity index (χ1v) is 1.79. The van der Waals surface area contributed by atoms with Crippen LogP contribution in [0.5, 0.6) is 0 Å². The molecule has 0 radical (unpaired) electrons. The average molecular weight is 88.1 g/mol. The largest absolute Gasteiger partial charge is 0.252 e. The summed E-state index contributed by atoms with van der Waals surface area (Å²) < 4.78 is 0. The monoisotopic (exact) mass is 88.1 g/mol. The summed E-state index contributed by atoms with van der Waals surface area (Å²) in [6.07, 6.45) is 3.51. The number of hydrogen-bond acceptors (Lipinski definition) is 2. The van der Waals surface area contributed by atoms with Crippen LogP contribution in [0.2, 0.25) is 0 Å². The van der Waals surface area contributed by atoms with Crippen molar-refractivity contribution in [3.63, 3.8) is 0 Å². The minimum absolute atomic E-state index is 0.288. The van der Waals surface area contributed by atoms with E-state index in [1.807, 2.05) is 6.92 Å². The Hall–Kier alpha value is -0.340. The molecule has 0 spiro atoms. The van der Waals surface area contributed by atoms with Gasteiger partial charge in [-0.15, -0.1) is 0 Å². The quantitative estimate of drug-likeness (QED) is 0.310. The van der Waals surface area contributed by atoms with Crippen LogP contribution < -0.4 is 0 Å². The third kappa shape index (κ3) is 3.66. The van der Waals surface area contributed by atoms with Gasteiger partial charge in [-0.2, -0.15) is 0 Å². The zero-order valence-corrected chi connectivity index (χ0v) is 3.72. The molecule has 0 rings (SSSR count). The van der Waals surface area contributed by atoms with Gasteiger partial charge in [0.25, 0.3) is 0 Å². The summed E-state index contributed by atoms with van der Waals surface area (Å²) >= 11 is 0. The molecule has 0 atom stereocenters. The zero-order valence-electron chi connectivity index (χ0n) is 3.72. The van der Waals surface area contributed by atoms with Gasteiger partial charge in [0.2, 0.25) is 0 Å². The van der Waals surface area contributed by atoms with E-state index in [1.165, 1.54) is 0 Å². The molecule has 36 valence electrons. The van der Waals surface area contributed by atoms with Crippen molar-refractivity contribution in [2.75, 3.05) is 6.61 Å². The van der Waals surface area contributed by atoms with Gasteiger partial charge in [0, 0.05) is 0 Å². The van der Waals surface area contributed by atoms with Crippen LogP contribution in [0.3, 0.4) is 0 Å². The van der Waals surface area contributed by atoms with E-state index in [1.54, 1.807) is 12.2 Å². The molecule has 0 heterocycles. The zero-order chi connectivity index (χ0) is 4.83. The fraction of sp³-hybridized carbons (Fsp3) is 0.500. The predicted octanol–water partition coefficient (Wildman–Crippen LogP) is 1.05. The summed E-state index contributed by atoms with van der Waals surface area (Å²) in [7, 11) is 0. The molecule has 0 unspecified atom stereocenters. The van der Waals surface area contributed by atoms with E-state index < -0.39 is 0 Å². The maximum atomic E-state index is 7.65. The predicted molar refractivity (Wildman–Crippen MR) is 23.4 cm³/mol. The van der Waals surface area contributed by atoms with E-state index >= 15 is 0 Å². The van der Waals surface area contributed by atoms with Gasteiger partial charge in [0.05, 0.1) is 0 Å². The molecule has 0 aliphatic heterocycles. The van der Waals surface area contributed by atoms with Crippen molar-refractivity contribution in [3.05, 3.63) is 12.2 Å². The van der Waals surface area contributed by atoms with Crippen molar-refractivity contribution in [3.8, 4) is 0 Å². The van der Waals surface area contributed by atoms with Gasteiger partial charge in [-0.1, -0.05) is 12.2 Å². The van der Waals surface area contributed by atoms with E-state index in [-0.39, 0.29) is 6.61 Å². The van der Waals surface area contributed by atoms with Crippen LogP contribution in [0.15, 0.2) is 12.2 Å². The Kier molecular flexibility index (Phi) is 4.40. The minimum atomic E-state index is 0.288. The third-order valence-corrected chi connectivity index (χ3v) is 0.406. The van der Waals surface area contributed by atoms with Gasteiger partial charge in [0.1, 0.15) is 6.61 Å². The Morgan fingerprint density at radius 2 is 2.50 bits per heavy atom. The average Bonchev–Trinajstić information content (AvgIpc) is 1.61. The summed E-state index contributed by atoms with van der Waals surface area (Å²) in [4.78, 5) is 3.70. The van der Waals surface area contributed by atoms with E-state index in [9.17, 15) is 0 Å². The Morgan fingerprint density at radius 1 is 1.83 bits per heavy atom. The fourth-order valence-corrected chi connectivity index (χ4v) is 0.139. The summed E-state index contributed by atoms with van der Waals surface area (Å²) in [5.41, 5.74) is 0. The molecule has 2 heteroatoms. The Morgan fingerprint density at radius 3 is 2.67 bits per heavy atom. The molecule has 0 aliphatic carbocycles. The standard InChI is InChI=1S/C4H8O2/c1-2-3-4-6-5/h2-3,5H,4H2,1H3. The van der Waals surface area contributed by atoms with Crippen molar-refractivity contribution in [1.29, 1.82) is 0 Å². The van der Waals surface area contributed by atoms with Gasteiger partial charge >= 0.3 is 0 Å². The Labute approximate surface area is 37.0 Å². The van der Waals surface area contributed by atoms with Crippen molar-refractivity contribution >= 4 is 0 Å². The fourth-order valence-electron chi connectivity index (χ4n) is 0.139. The molecule has 1 N–H and O–H groups in total. The number of rotatable bonds is 2. The summed E-state index contributed by atoms with van der Waals surface area (Å²) in [6, 6.07) is 0. The highest BCUT2D eigenvalue weighted by Gasteiger charge is 1.64.